The number of ether oxygens (including phenoxy) is 1. The molecule has 4 rings (SSSR count). The first-order valence-corrected chi connectivity index (χ1v) is 19.4. The Labute approximate surface area is 305 Å². The molecule has 0 spiro atoms. The van der Waals surface area contributed by atoms with Crippen LogP contribution in [0.2, 0.25) is 0 Å². The molecule has 1 unspecified atom stereocenters. The van der Waals surface area contributed by atoms with Crippen molar-refractivity contribution in [2.45, 2.75) is 84.0 Å². The van der Waals surface area contributed by atoms with Crippen molar-refractivity contribution in [1.29, 1.82) is 0 Å². The maximum atomic E-state index is 14.1. The van der Waals surface area contributed by atoms with Gasteiger partial charge in [0.25, 0.3) is 0 Å². The van der Waals surface area contributed by atoms with Crippen LogP contribution in [0.15, 0.2) is 72.8 Å². The van der Waals surface area contributed by atoms with Gasteiger partial charge in [0.15, 0.2) is 5.85 Å². The molecule has 1 aliphatic heterocycles. The number of rotatable bonds is 19. The van der Waals surface area contributed by atoms with Crippen LogP contribution < -0.4 is 21.3 Å². The number of carbonyl (C=O) groups excluding carboxylic acids is 4. The summed E-state index contributed by atoms with van der Waals surface area (Å²) in [4.78, 5) is 53.8. The van der Waals surface area contributed by atoms with Crippen LogP contribution in [0.1, 0.15) is 58.1 Å². The van der Waals surface area contributed by atoms with E-state index in [9.17, 15) is 28.8 Å². The van der Waals surface area contributed by atoms with Gasteiger partial charge in [-0.1, -0.05) is 86.6 Å². The molecule has 0 radical (unpaired) electrons. The van der Waals surface area contributed by atoms with Crippen molar-refractivity contribution < 1.29 is 42.6 Å². The molecule has 4 amide bonds. The van der Waals surface area contributed by atoms with E-state index >= 15 is 0 Å². The van der Waals surface area contributed by atoms with Crippen LogP contribution in [0.5, 0.6) is 0 Å². The zero-order chi connectivity index (χ0) is 37.7. The highest BCUT2D eigenvalue weighted by Gasteiger charge is 2.43. The Hall–Kier alpha value is -4.29. The number of carbonyl (C=O) groups is 4. The molecule has 5 N–H and O–H groups in total. The maximum absolute atomic E-state index is 14.1. The Balaban J connectivity index is 1.59. The fourth-order valence-corrected chi connectivity index (χ4v) is 8.00. The Morgan fingerprint density at radius 2 is 1.54 bits per heavy atom. The van der Waals surface area contributed by atoms with E-state index in [1.165, 1.54) is 0 Å². The molecule has 282 valence electrons. The van der Waals surface area contributed by atoms with Crippen molar-refractivity contribution in [2.24, 2.45) is 11.8 Å². The highest BCUT2D eigenvalue weighted by molar-refractivity contribution is 7.54. The van der Waals surface area contributed by atoms with Crippen LogP contribution in [0.3, 0.4) is 0 Å². The van der Waals surface area contributed by atoms with E-state index in [0.29, 0.717) is 13.0 Å². The Morgan fingerprint density at radius 1 is 0.885 bits per heavy atom. The summed E-state index contributed by atoms with van der Waals surface area (Å²) in [5, 5.41) is 24.3. The Bertz CT molecular complexity index is 1690. The van der Waals surface area contributed by atoms with Crippen LogP contribution in [0.4, 0.5) is 4.79 Å². The summed E-state index contributed by atoms with van der Waals surface area (Å²) in [6, 6.07) is 19.0. The molecule has 0 aromatic heterocycles. The van der Waals surface area contributed by atoms with Crippen LogP contribution in [-0.4, -0.2) is 72.7 Å². The van der Waals surface area contributed by atoms with Crippen molar-refractivity contribution in [3.05, 3.63) is 83.9 Å². The molecule has 3 aromatic rings. The highest BCUT2D eigenvalue weighted by atomic mass is 31.2. The normalized spacial score (nSPS) is 16.8. The van der Waals surface area contributed by atoms with Gasteiger partial charge in [-0.25, -0.2) is 4.79 Å². The third-order valence-corrected chi connectivity index (χ3v) is 11.0. The van der Waals surface area contributed by atoms with Crippen LogP contribution in [-0.2, 0) is 45.8 Å². The predicted molar refractivity (Wildman–Crippen MR) is 197 cm³/mol. The third-order valence-electron chi connectivity index (χ3n) is 8.80. The molecule has 14 heteroatoms. The van der Waals surface area contributed by atoms with E-state index in [2.05, 4.69) is 21.3 Å². The molecule has 52 heavy (non-hydrogen) atoms. The molecule has 1 aliphatic rings. The van der Waals surface area contributed by atoms with E-state index in [1.54, 1.807) is 13.8 Å². The molecule has 13 nitrogen and oxygen atoms in total. The Kier molecular flexibility index (Phi) is 15.2. The number of aliphatic hydroxyl groups excluding tert-OH is 1. The molecule has 1 fully saturated rings. The predicted octanol–water partition coefficient (Wildman–Crippen LogP) is 4.80. The van der Waals surface area contributed by atoms with E-state index in [1.807, 2.05) is 86.6 Å². The summed E-state index contributed by atoms with van der Waals surface area (Å²) < 4.78 is 29.9. The quantitative estimate of drug-likeness (QED) is 0.108. The second kappa shape index (κ2) is 19.5. The largest absolute Gasteiger partial charge is 0.445 e. The smallest absolute Gasteiger partial charge is 0.408 e. The summed E-state index contributed by atoms with van der Waals surface area (Å²) in [5.41, 5.74) is 1.57. The average molecular weight is 739 g/mol. The first kappa shape index (κ1) is 40.5. The number of fused-ring (bicyclic) bond motifs is 1. The van der Waals surface area contributed by atoms with Gasteiger partial charge in [0.1, 0.15) is 18.7 Å². The fraction of sp³-hybridized carbons (Fsp3) is 0.474. The molecule has 5 atom stereocenters. The fourth-order valence-electron chi connectivity index (χ4n) is 6.27. The molecule has 0 bridgehead atoms. The van der Waals surface area contributed by atoms with Gasteiger partial charge in [-0.15, -0.1) is 0 Å². The van der Waals surface area contributed by atoms with E-state index in [0.717, 1.165) is 21.9 Å². The lowest BCUT2D eigenvalue weighted by molar-refractivity contribution is -0.131. The second-order valence-corrected chi connectivity index (χ2v) is 15.3. The minimum atomic E-state index is -4.14. The van der Waals surface area contributed by atoms with Crippen LogP contribution in [0, 0.1) is 11.8 Å². The highest BCUT2D eigenvalue weighted by Crippen LogP contribution is 2.53. The molecule has 1 saturated heterocycles. The van der Waals surface area contributed by atoms with Gasteiger partial charge >= 0.3 is 13.7 Å². The van der Waals surface area contributed by atoms with E-state index in [4.69, 9.17) is 13.8 Å². The van der Waals surface area contributed by atoms with Gasteiger partial charge < -0.3 is 40.2 Å². The number of alkyl carbamates (subject to hydrolysis) is 1. The molecule has 3 aromatic carbocycles. The van der Waals surface area contributed by atoms with Gasteiger partial charge in [0, 0.05) is 18.9 Å². The van der Waals surface area contributed by atoms with E-state index < -0.39 is 55.4 Å². The number of aliphatic hydroxyl groups is 1. The van der Waals surface area contributed by atoms with Gasteiger partial charge in [0.05, 0.1) is 19.3 Å². The molecule has 0 saturated carbocycles. The minimum absolute atomic E-state index is 0.0102. The standard InChI is InChI=1S/C38H51N4O9P/c1-5-50-52(48,51-6-2)37(46)33(23-29-19-20-39-34(29)43)41-35(44)31(21-25(3)4)40-36(45)32(42-38(47)49-24-26-13-8-7-9-14-26)22-28-17-12-16-27-15-10-11-18-30(27)28/h7-18,25,29,31-33,37,46H,5-6,19-24H2,1-4H3,(H,39,43)(H,40,45)(H,41,44)(H,42,47)/t29-,31-,32-,33-,37?/m0/s1. The minimum Gasteiger partial charge on any atom is -0.445 e. The Morgan fingerprint density at radius 3 is 2.19 bits per heavy atom. The second-order valence-electron chi connectivity index (χ2n) is 13.2. The summed E-state index contributed by atoms with van der Waals surface area (Å²) in [7, 11) is -4.14. The van der Waals surface area contributed by atoms with Crippen molar-refractivity contribution in [3.8, 4) is 0 Å². The number of nitrogens with one attached hydrogen (secondary N) is 4. The number of hydrogen-bond donors (Lipinski definition) is 5. The summed E-state index contributed by atoms with van der Waals surface area (Å²) in [6.45, 7) is 7.34. The molecular formula is C38H51N4O9P. The maximum Gasteiger partial charge on any atom is 0.408 e. The van der Waals surface area contributed by atoms with Crippen molar-refractivity contribution >= 4 is 42.2 Å². The van der Waals surface area contributed by atoms with Gasteiger partial charge in [0.2, 0.25) is 17.7 Å². The SMILES string of the molecule is CCOP(=O)(OCC)C(O)[C@H](C[C@@H]1CCNC1=O)NC(=O)[C@H](CC(C)C)NC(=O)[C@H](Cc1cccc2ccccc12)NC(=O)OCc1ccccc1. The van der Waals surface area contributed by atoms with Crippen molar-refractivity contribution in [2.75, 3.05) is 19.8 Å². The zero-order valence-corrected chi connectivity index (χ0v) is 31.1. The zero-order valence-electron chi connectivity index (χ0n) is 30.2. The molecule has 1 heterocycles. The van der Waals surface area contributed by atoms with E-state index in [-0.39, 0.29) is 50.9 Å². The average Bonchev–Trinajstić information content (AvgIpc) is 3.53. The van der Waals surface area contributed by atoms with Gasteiger partial charge in [-0.05, 0) is 60.9 Å². The van der Waals surface area contributed by atoms with Crippen LogP contribution in [0.25, 0.3) is 10.8 Å². The lowest BCUT2D eigenvalue weighted by Gasteiger charge is -2.32. The molecule has 0 aliphatic carbocycles. The summed E-state index contributed by atoms with van der Waals surface area (Å²) in [5.74, 6) is -3.97. The lowest BCUT2D eigenvalue weighted by atomic mass is 9.96. The third kappa shape index (κ3) is 11.4. The first-order chi connectivity index (χ1) is 24.9. The van der Waals surface area contributed by atoms with Crippen LogP contribution >= 0.6 is 7.60 Å². The monoisotopic (exact) mass is 738 g/mol. The number of hydrogen-bond acceptors (Lipinski definition) is 9. The van der Waals surface area contributed by atoms with Gasteiger partial charge in [-0.2, -0.15) is 0 Å². The number of amides is 4. The van der Waals surface area contributed by atoms with Crippen molar-refractivity contribution in [3.63, 3.8) is 0 Å². The first-order valence-electron chi connectivity index (χ1n) is 17.8. The summed E-state index contributed by atoms with van der Waals surface area (Å²) >= 11 is 0. The number of benzene rings is 3. The lowest BCUT2D eigenvalue weighted by Crippen LogP contribution is -2.57. The topological polar surface area (TPSA) is 181 Å². The summed E-state index contributed by atoms with van der Waals surface area (Å²) in [6.07, 6.45) is -0.107. The van der Waals surface area contributed by atoms with Gasteiger partial charge in [-0.3, -0.25) is 18.9 Å². The molecular weight excluding hydrogens is 687 g/mol. The van der Waals surface area contributed by atoms with Crippen molar-refractivity contribution in [1.82, 2.24) is 21.3 Å².